The van der Waals surface area contributed by atoms with Gasteiger partial charge in [0.15, 0.2) is 12.4 Å². The van der Waals surface area contributed by atoms with E-state index in [4.69, 9.17) is 16.3 Å². The highest BCUT2D eigenvalue weighted by atomic mass is 35.5. The first kappa shape index (κ1) is 18.6. The molecule has 0 spiro atoms. The fraction of sp³-hybridized carbons (Fsp3) is 0.222. The topological polar surface area (TPSA) is 84.9 Å². The van der Waals surface area contributed by atoms with Crippen molar-refractivity contribution >= 4 is 29.2 Å². The number of hydrogen-bond donors (Lipinski definition) is 2. The maximum atomic E-state index is 12.0. The Morgan fingerprint density at radius 2 is 1.84 bits per heavy atom. The summed E-state index contributed by atoms with van der Waals surface area (Å²) in [5, 5.41) is 13.2. The summed E-state index contributed by atoms with van der Waals surface area (Å²) in [6.45, 7) is 3.43. The molecule has 2 aromatic rings. The molecule has 25 heavy (non-hydrogen) atoms. The number of halogens is 1. The third kappa shape index (κ3) is 4.42. The van der Waals surface area contributed by atoms with Gasteiger partial charge in [-0.15, -0.1) is 0 Å². The van der Waals surface area contributed by atoms with Crippen LogP contribution in [0, 0.1) is 13.8 Å². The quantitative estimate of drug-likeness (QED) is 0.627. The first-order valence-electron chi connectivity index (χ1n) is 7.43. The summed E-state index contributed by atoms with van der Waals surface area (Å²) in [4.78, 5) is 23.6. The van der Waals surface area contributed by atoms with E-state index < -0.39 is 11.9 Å². The number of esters is 1. The Labute approximate surface area is 150 Å². The van der Waals surface area contributed by atoms with Gasteiger partial charge < -0.3 is 19.9 Å². The van der Waals surface area contributed by atoms with E-state index in [2.05, 4.69) is 10.1 Å². The lowest BCUT2D eigenvalue weighted by Gasteiger charge is -2.12. The van der Waals surface area contributed by atoms with Crippen molar-refractivity contribution in [2.75, 3.05) is 19.0 Å². The number of rotatable bonds is 5. The average molecular weight is 364 g/mol. The zero-order valence-electron chi connectivity index (χ0n) is 14.1. The molecule has 1 amide bonds. The van der Waals surface area contributed by atoms with Crippen LogP contribution in [0.3, 0.4) is 0 Å². The predicted molar refractivity (Wildman–Crippen MR) is 94.5 cm³/mol. The van der Waals surface area contributed by atoms with Crippen LogP contribution in [-0.4, -0.2) is 30.7 Å². The highest BCUT2D eigenvalue weighted by Crippen LogP contribution is 2.28. The summed E-state index contributed by atoms with van der Waals surface area (Å²) in [5.41, 5.74) is 1.76. The molecule has 0 aliphatic carbocycles. The summed E-state index contributed by atoms with van der Waals surface area (Å²) in [5.74, 6) is -1.03. The van der Waals surface area contributed by atoms with E-state index in [1.54, 1.807) is 12.1 Å². The number of phenols is 1. The maximum Gasteiger partial charge on any atom is 0.341 e. The Morgan fingerprint density at radius 1 is 1.20 bits per heavy atom. The fourth-order valence-electron chi connectivity index (χ4n) is 2.24. The van der Waals surface area contributed by atoms with Crippen LogP contribution in [0.15, 0.2) is 30.3 Å². The van der Waals surface area contributed by atoms with Gasteiger partial charge in [-0.25, -0.2) is 4.79 Å². The molecule has 2 aromatic carbocycles. The Bertz CT molecular complexity index is 796. The smallest absolute Gasteiger partial charge is 0.341 e. The second-order valence-corrected chi connectivity index (χ2v) is 5.78. The van der Waals surface area contributed by atoms with Crippen molar-refractivity contribution in [3.8, 4) is 11.5 Å². The third-order valence-corrected chi connectivity index (χ3v) is 4.09. The lowest BCUT2D eigenvalue weighted by molar-refractivity contribution is -0.118. The number of hydrogen-bond acceptors (Lipinski definition) is 5. The molecule has 7 heteroatoms. The molecule has 0 atom stereocenters. The average Bonchev–Trinajstić information content (AvgIpc) is 2.59. The minimum atomic E-state index is -0.697. The molecular weight excluding hydrogens is 346 g/mol. The number of amides is 1. The number of benzene rings is 2. The summed E-state index contributed by atoms with van der Waals surface area (Å²) in [7, 11) is 1.21. The van der Waals surface area contributed by atoms with E-state index in [-0.39, 0.29) is 23.6 Å². The van der Waals surface area contributed by atoms with Gasteiger partial charge >= 0.3 is 5.97 Å². The van der Waals surface area contributed by atoms with Crippen molar-refractivity contribution < 1.29 is 24.2 Å². The van der Waals surface area contributed by atoms with Crippen LogP contribution < -0.4 is 10.1 Å². The molecule has 0 aromatic heterocycles. The summed E-state index contributed by atoms with van der Waals surface area (Å²) >= 11 is 6.09. The molecule has 0 unspecified atom stereocenters. The summed E-state index contributed by atoms with van der Waals surface area (Å²) in [6, 6.07) is 7.85. The second kappa shape index (κ2) is 7.90. The van der Waals surface area contributed by atoms with E-state index in [0.717, 1.165) is 11.1 Å². The molecule has 0 bridgehead atoms. The van der Waals surface area contributed by atoms with Gasteiger partial charge in [-0.2, -0.15) is 0 Å². The molecule has 132 valence electrons. The molecular formula is C18H18ClNO5. The van der Waals surface area contributed by atoms with Crippen LogP contribution in [0.2, 0.25) is 5.02 Å². The molecule has 0 heterocycles. The number of methoxy groups -OCH3 is 1. The zero-order valence-corrected chi connectivity index (χ0v) is 14.8. The predicted octanol–water partition coefficient (Wildman–Crippen LogP) is 3.47. The Balaban J connectivity index is 2.05. The van der Waals surface area contributed by atoms with Gasteiger partial charge in [-0.05, 0) is 49.2 Å². The van der Waals surface area contributed by atoms with E-state index in [9.17, 15) is 14.7 Å². The number of ether oxygens (including phenoxy) is 2. The van der Waals surface area contributed by atoms with Gasteiger partial charge in [0.2, 0.25) is 0 Å². The third-order valence-electron chi connectivity index (χ3n) is 3.50. The number of anilines is 1. The van der Waals surface area contributed by atoms with Crippen molar-refractivity contribution in [3.05, 3.63) is 52.0 Å². The first-order valence-corrected chi connectivity index (χ1v) is 7.81. The number of aromatic hydroxyl groups is 1. The number of carbonyl (C=O) groups is 2. The SMILES string of the molecule is COC(=O)c1cccc(NC(=O)COc2cc(C)c(Cl)c(C)c2)c1O. The molecule has 6 nitrogen and oxygen atoms in total. The Kier molecular flexibility index (Phi) is 5.88. The standard InChI is InChI=1S/C18H18ClNO5/c1-10-7-12(8-11(2)16(10)19)25-9-15(21)20-14-6-4-5-13(17(14)22)18(23)24-3/h4-8,22H,9H2,1-3H3,(H,20,21). The maximum absolute atomic E-state index is 12.0. The Morgan fingerprint density at radius 3 is 2.44 bits per heavy atom. The van der Waals surface area contributed by atoms with Crippen LogP contribution in [0.1, 0.15) is 21.5 Å². The normalized spacial score (nSPS) is 10.2. The van der Waals surface area contributed by atoms with Crippen molar-refractivity contribution in [1.82, 2.24) is 0 Å². The van der Waals surface area contributed by atoms with Gasteiger partial charge in [-0.3, -0.25) is 4.79 Å². The van der Waals surface area contributed by atoms with E-state index in [1.807, 2.05) is 13.8 Å². The summed E-state index contributed by atoms with van der Waals surface area (Å²) < 4.78 is 10.0. The lowest BCUT2D eigenvalue weighted by atomic mass is 10.1. The zero-order chi connectivity index (χ0) is 18.6. The second-order valence-electron chi connectivity index (χ2n) is 5.40. The van der Waals surface area contributed by atoms with Crippen LogP contribution in [0.4, 0.5) is 5.69 Å². The molecule has 0 aliphatic rings. The largest absolute Gasteiger partial charge is 0.505 e. The van der Waals surface area contributed by atoms with Crippen LogP contribution in [-0.2, 0) is 9.53 Å². The van der Waals surface area contributed by atoms with Gasteiger partial charge in [-0.1, -0.05) is 17.7 Å². The number of phenolic OH excluding ortho intramolecular Hbond substituents is 1. The van der Waals surface area contributed by atoms with Gasteiger partial charge in [0, 0.05) is 5.02 Å². The molecule has 0 fully saturated rings. The number of aryl methyl sites for hydroxylation is 2. The Hall–Kier alpha value is -2.73. The van der Waals surface area contributed by atoms with E-state index in [1.165, 1.54) is 25.3 Å². The van der Waals surface area contributed by atoms with E-state index >= 15 is 0 Å². The molecule has 0 saturated carbocycles. The van der Waals surface area contributed by atoms with E-state index in [0.29, 0.717) is 10.8 Å². The van der Waals surface area contributed by atoms with Gasteiger partial charge in [0.25, 0.3) is 5.91 Å². The summed E-state index contributed by atoms with van der Waals surface area (Å²) in [6.07, 6.45) is 0. The minimum Gasteiger partial charge on any atom is -0.505 e. The first-order chi connectivity index (χ1) is 11.8. The van der Waals surface area contributed by atoms with Crippen molar-refractivity contribution in [2.45, 2.75) is 13.8 Å². The fourth-order valence-corrected chi connectivity index (χ4v) is 2.35. The molecule has 0 aliphatic heterocycles. The molecule has 0 saturated heterocycles. The lowest BCUT2D eigenvalue weighted by Crippen LogP contribution is -2.20. The number of carbonyl (C=O) groups excluding carboxylic acids is 2. The highest BCUT2D eigenvalue weighted by molar-refractivity contribution is 6.32. The highest BCUT2D eigenvalue weighted by Gasteiger charge is 2.16. The van der Waals surface area contributed by atoms with Crippen LogP contribution in [0.5, 0.6) is 11.5 Å². The van der Waals surface area contributed by atoms with Crippen LogP contribution >= 0.6 is 11.6 Å². The molecule has 2 N–H and O–H groups in total. The van der Waals surface area contributed by atoms with Crippen molar-refractivity contribution in [3.63, 3.8) is 0 Å². The number of para-hydroxylation sites is 1. The molecule has 0 radical (unpaired) electrons. The number of nitrogens with one attached hydrogen (secondary N) is 1. The van der Waals surface area contributed by atoms with Gasteiger partial charge in [0.05, 0.1) is 12.8 Å². The van der Waals surface area contributed by atoms with Crippen LogP contribution in [0.25, 0.3) is 0 Å². The minimum absolute atomic E-state index is 0.0369. The van der Waals surface area contributed by atoms with Crippen molar-refractivity contribution in [2.24, 2.45) is 0 Å². The monoisotopic (exact) mass is 363 g/mol. The van der Waals surface area contributed by atoms with Crippen molar-refractivity contribution in [1.29, 1.82) is 0 Å². The van der Waals surface area contributed by atoms with Gasteiger partial charge in [0.1, 0.15) is 11.3 Å². The molecule has 2 rings (SSSR count).